The van der Waals surface area contributed by atoms with Crippen molar-refractivity contribution in [3.63, 3.8) is 0 Å². The molecule has 8 heteroatoms. The molecule has 0 spiro atoms. The van der Waals surface area contributed by atoms with Gasteiger partial charge in [-0.3, -0.25) is 14.3 Å². The number of aromatic nitrogens is 4. The molecule has 0 radical (unpaired) electrons. The average Bonchev–Trinajstić information content (AvgIpc) is 2.74. The third-order valence-electron chi connectivity index (χ3n) is 5.11. The van der Waals surface area contributed by atoms with Crippen LogP contribution in [0.15, 0.2) is 47.9 Å². The fourth-order valence-electron chi connectivity index (χ4n) is 3.50. The quantitative estimate of drug-likeness (QED) is 0.635. The second kappa shape index (κ2) is 8.45. The van der Waals surface area contributed by atoms with Crippen LogP contribution in [0.1, 0.15) is 5.69 Å². The second-order valence-electron chi connectivity index (χ2n) is 6.90. The van der Waals surface area contributed by atoms with Crippen LogP contribution < -0.4 is 10.5 Å². The molecule has 146 valence electrons. The monoisotopic (exact) mass is 380 g/mol. The minimum absolute atomic E-state index is 0.0247. The number of ether oxygens (including phenoxy) is 1. The zero-order valence-corrected chi connectivity index (χ0v) is 16.0. The standard InChI is InChI=1S/C20H24N6O2/c1-28-11-10-26-15-23-19-12-17(2-3-18(19)20(26)27)25-8-6-24(7-9-25)13-16-4-5-21-14-22-16/h2-5,12,14-15H,6-11,13H2,1H3. The number of nitrogens with zero attached hydrogens (tertiary/aromatic N) is 6. The molecule has 28 heavy (non-hydrogen) atoms. The first-order valence-corrected chi connectivity index (χ1v) is 9.45. The maximum Gasteiger partial charge on any atom is 0.261 e. The van der Waals surface area contributed by atoms with Crippen molar-refractivity contribution in [2.75, 3.05) is 44.8 Å². The Morgan fingerprint density at radius 3 is 2.71 bits per heavy atom. The van der Waals surface area contributed by atoms with Crippen LogP contribution in [0, 0.1) is 0 Å². The Morgan fingerprint density at radius 1 is 1.11 bits per heavy atom. The number of anilines is 1. The van der Waals surface area contributed by atoms with Crippen molar-refractivity contribution in [2.45, 2.75) is 13.1 Å². The van der Waals surface area contributed by atoms with Crippen LogP contribution in [-0.2, 0) is 17.8 Å². The third-order valence-corrected chi connectivity index (χ3v) is 5.11. The Labute approximate surface area is 163 Å². The van der Waals surface area contributed by atoms with Gasteiger partial charge in [0.2, 0.25) is 0 Å². The summed E-state index contributed by atoms with van der Waals surface area (Å²) < 4.78 is 6.65. The first-order valence-electron chi connectivity index (χ1n) is 9.45. The number of benzene rings is 1. The van der Waals surface area contributed by atoms with E-state index in [1.165, 1.54) is 0 Å². The Morgan fingerprint density at radius 2 is 1.96 bits per heavy atom. The first-order chi connectivity index (χ1) is 13.7. The van der Waals surface area contributed by atoms with Crippen LogP contribution in [0.4, 0.5) is 5.69 Å². The van der Waals surface area contributed by atoms with Crippen molar-refractivity contribution >= 4 is 16.6 Å². The maximum atomic E-state index is 12.6. The highest BCUT2D eigenvalue weighted by Gasteiger charge is 2.18. The predicted octanol–water partition coefficient (Wildman–Crippen LogP) is 1.16. The fraction of sp³-hybridized carbons (Fsp3) is 0.400. The minimum Gasteiger partial charge on any atom is -0.383 e. The van der Waals surface area contributed by atoms with Gasteiger partial charge in [0.1, 0.15) is 6.33 Å². The number of methoxy groups -OCH3 is 1. The normalized spacial score (nSPS) is 15.2. The van der Waals surface area contributed by atoms with E-state index < -0.39 is 0 Å². The Bertz CT molecular complexity index is 983. The van der Waals surface area contributed by atoms with Gasteiger partial charge in [0.25, 0.3) is 5.56 Å². The van der Waals surface area contributed by atoms with Gasteiger partial charge >= 0.3 is 0 Å². The van der Waals surface area contributed by atoms with E-state index in [0.717, 1.165) is 49.6 Å². The molecule has 0 aliphatic carbocycles. The van der Waals surface area contributed by atoms with E-state index in [-0.39, 0.29) is 5.56 Å². The Hall–Kier alpha value is -2.84. The summed E-state index contributed by atoms with van der Waals surface area (Å²) in [6.07, 6.45) is 4.98. The van der Waals surface area contributed by atoms with Gasteiger partial charge in [-0.2, -0.15) is 0 Å². The van der Waals surface area contributed by atoms with Crippen LogP contribution in [0.3, 0.4) is 0 Å². The van der Waals surface area contributed by atoms with Gasteiger partial charge in [0.05, 0.1) is 36.1 Å². The number of piperazine rings is 1. The molecule has 0 bridgehead atoms. The van der Waals surface area contributed by atoms with E-state index in [1.54, 1.807) is 30.5 Å². The topological polar surface area (TPSA) is 76.4 Å². The lowest BCUT2D eigenvalue weighted by molar-refractivity contribution is 0.186. The third kappa shape index (κ3) is 4.02. The number of hydrogen-bond donors (Lipinski definition) is 0. The van der Waals surface area contributed by atoms with Gasteiger partial charge in [0, 0.05) is 51.7 Å². The molecular formula is C20H24N6O2. The minimum atomic E-state index is -0.0247. The van der Waals surface area contributed by atoms with Crippen molar-refractivity contribution in [2.24, 2.45) is 0 Å². The molecule has 1 aliphatic rings. The molecule has 2 aromatic heterocycles. The summed E-state index contributed by atoms with van der Waals surface area (Å²) >= 11 is 0. The molecule has 3 aromatic rings. The van der Waals surface area contributed by atoms with Gasteiger partial charge < -0.3 is 9.64 Å². The van der Waals surface area contributed by atoms with Crippen LogP contribution in [-0.4, -0.2) is 64.3 Å². The molecule has 0 N–H and O–H groups in total. The van der Waals surface area contributed by atoms with Crippen LogP contribution in [0.2, 0.25) is 0 Å². The molecule has 1 fully saturated rings. The Balaban J connectivity index is 1.44. The van der Waals surface area contributed by atoms with E-state index in [2.05, 4.69) is 24.8 Å². The van der Waals surface area contributed by atoms with Crippen LogP contribution in [0.25, 0.3) is 10.9 Å². The molecule has 0 atom stereocenters. The van der Waals surface area contributed by atoms with Crippen molar-refractivity contribution in [3.05, 3.63) is 59.2 Å². The summed E-state index contributed by atoms with van der Waals surface area (Å²) in [5.41, 5.74) is 2.86. The molecule has 1 aliphatic heterocycles. The fourth-order valence-corrected chi connectivity index (χ4v) is 3.50. The van der Waals surface area contributed by atoms with Gasteiger partial charge in [-0.25, -0.2) is 15.0 Å². The van der Waals surface area contributed by atoms with Crippen molar-refractivity contribution < 1.29 is 4.74 Å². The van der Waals surface area contributed by atoms with Gasteiger partial charge in [0.15, 0.2) is 0 Å². The van der Waals surface area contributed by atoms with E-state index in [0.29, 0.717) is 18.5 Å². The van der Waals surface area contributed by atoms with Gasteiger partial charge in [-0.15, -0.1) is 0 Å². The average molecular weight is 380 g/mol. The highest BCUT2D eigenvalue weighted by Crippen LogP contribution is 2.20. The molecular weight excluding hydrogens is 356 g/mol. The smallest absolute Gasteiger partial charge is 0.261 e. The molecule has 8 nitrogen and oxygen atoms in total. The largest absolute Gasteiger partial charge is 0.383 e. The van der Waals surface area contributed by atoms with Crippen molar-refractivity contribution in [3.8, 4) is 0 Å². The van der Waals surface area contributed by atoms with Crippen molar-refractivity contribution in [1.29, 1.82) is 0 Å². The summed E-state index contributed by atoms with van der Waals surface area (Å²) in [6, 6.07) is 7.88. The summed E-state index contributed by atoms with van der Waals surface area (Å²) in [6.45, 7) is 5.64. The number of fused-ring (bicyclic) bond motifs is 1. The summed E-state index contributed by atoms with van der Waals surface area (Å²) in [7, 11) is 1.62. The lowest BCUT2D eigenvalue weighted by Crippen LogP contribution is -2.46. The number of hydrogen-bond acceptors (Lipinski definition) is 7. The van der Waals surface area contributed by atoms with Crippen LogP contribution in [0.5, 0.6) is 0 Å². The molecule has 1 aromatic carbocycles. The molecule has 4 rings (SSSR count). The summed E-state index contributed by atoms with van der Waals surface area (Å²) in [4.78, 5) is 30.1. The Kier molecular flexibility index (Phi) is 5.59. The molecule has 0 unspecified atom stereocenters. The van der Waals surface area contributed by atoms with Crippen LogP contribution >= 0.6 is 0 Å². The van der Waals surface area contributed by atoms with Gasteiger partial charge in [-0.05, 0) is 24.3 Å². The summed E-state index contributed by atoms with van der Waals surface area (Å²) in [5, 5.41) is 0.643. The van der Waals surface area contributed by atoms with E-state index in [1.807, 2.05) is 24.3 Å². The molecule has 0 amide bonds. The highest BCUT2D eigenvalue weighted by molar-refractivity contribution is 5.81. The van der Waals surface area contributed by atoms with Gasteiger partial charge in [-0.1, -0.05) is 0 Å². The van der Waals surface area contributed by atoms with Crippen molar-refractivity contribution in [1.82, 2.24) is 24.4 Å². The molecule has 1 saturated heterocycles. The zero-order valence-electron chi connectivity index (χ0n) is 16.0. The lowest BCUT2D eigenvalue weighted by atomic mass is 10.2. The maximum absolute atomic E-state index is 12.6. The van der Waals surface area contributed by atoms with E-state index in [9.17, 15) is 4.79 Å². The SMILES string of the molecule is COCCn1cnc2cc(N3CCN(Cc4ccncn4)CC3)ccc2c1=O. The molecule has 0 saturated carbocycles. The second-order valence-corrected chi connectivity index (χ2v) is 6.90. The number of rotatable bonds is 6. The highest BCUT2D eigenvalue weighted by atomic mass is 16.5. The van der Waals surface area contributed by atoms with E-state index >= 15 is 0 Å². The lowest BCUT2D eigenvalue weighted by Gasteiger charge is -2.36. The first kappa shape index (κ1) is 18.5. The zero-order chi connectivity index (χ0) is 19.3. The predicted molar refractivity (Wildman–Crippen MR) is 107 cm³/mol. The molecule has 3 heterocycles. The summed E-state index contributed by atoms with van der Waals surface area (Å²) in [5.74, 6) is 0. The van der Waals surface area contributed by atoms with E-state index in [4.69, 9.17) is 4.74 Å².